The minimum absolute atomic E-state index is 0.459. The molecule has 0 aliphatic heterocycles. The number of fused-ring (bicyclic) bond motifs is 1. The Morgan fingerprint density at radius 2 is 2.18 bits per heavy atom. The van der Waals surface area contributed by atoms with E-state index in [9.17, 15) is 0 Å². The van der Waals surface area contributed by atoms with E-state index in [1.807, 2.05) is 12.1 Å². The van der Waals surface area contributed by atoms with Crippen molar-refractivity contribution in [3.63, 3.8) is 0 Å². The Kier molecular flexibility index (Phi) is 2.79. The molecule has 1 aliphatic carbocycles. The van der Waals surface area contributed by atoms with Gasteiger partial charge in [-0.2, -0.15) is 10.4 Å². The van der Waals surface area contributed by atoms with Gasteiger partial charge in [-0.25, -0.2) is 9.50 Å². The van der Waals surface area contributed by atoms with E-state index in [0.717, 1.165) is 29.9 Å². The van der Waals surface area contributed by atoms with Gasteiger partial charge in [-0.3, -0.25) is 4.98 Å². The lowest BCUT2D eigenvalue weighted by Gasteiger charge is -2.07. The molecule has 0 saturated heterocycles. The lowest BCUT2D eigenvalue weighted by atomic mass is 10.1. The Hall–Kier alpha value is -2.94. The predicted molar refractivity (Wildman–Crippen MR) is 79.5 cm³/mol. The van der Waals surface area contributed by atoms with Gasteiger partial charge >= 0.3 is 0 Å². The standard InChI is InChI=1S/C16H13N5O/c1-22-14-5-4-13(12-6-10(7-17)8-18-9-12)21-16(14)19-15(20-21)11-2-3-11/h4-6,8-9,11H,2-3H2,1H3. The van der Waals surface area contributed by atoms with Gasteiger partial charge in [-0.05, 0) is 31.0 Å². The summed E-state index contributed by atoms with van der Waals surface area (Å²) in [7, 11) is 1.62. The minimum atomic E-state index is 0.459. The molecule has 1 saturated carbocycles. The molecule has 22 heavy (non-hydrogen) atoms. The number of aromatic nitrogens is 4. The molecule has 0 radical (unpaired) electrons. The van der Waals surface area contributed by atoms with Crippen LogP contribution in [-0.2, 0) is 0 Å². The molecule has 0 unspecified atom stereocenters. The normalized spacial score (nSPS) is 14.0. The average molecular weight is 291 g/mol. The fourth-order valence-corrected chi connectivity index (χ4v) is 2.49. The second kappa shape index (κ2) is 4.81. The molecule has 0 spiro atoms. The molecule has 4 rings (SSSR count). The van der Waals surface area contributed by atoms with E-state index in [0.29, 0.717) is 22.9 Å². The molecular formula is C16H13N5O. The van der Waals surface area contributed by atoms with Crippen LogP contribution in [0.1, 0.15) is 30.1 Å². The molecule has 1 aliphatic rings. The highest BCUT2D eigenvalue weighted by Gasteiger charge is 2.29. The van der Waals surface area contributed by atoms with Gasteiger partial charge in [-0.1, -0.05) is 0 Å². The number of methoxy groups -OCH3 is 1. The zero-order valence-electron chi connectivity index (χ0n) is 12.0. The Morgan fingerprint density at radius 1 is 1.32 bits per heavy atom. The third-order valence-corrected chi connectivity index (χ3v) is 3.79. The van der Waals surface area contributed by atoms with E-state index in [2.05, 4.69) is 21.1 Å². The molecule has 0 aromatic carbocycles. The summed E-state index contributed by atoms with van der Waals surface area (Å²) in [5.74, 6) is 2.00. The Labute approximate surface area is 127 Å². The van der Waals surface area contributed by atoms with Crippen LogP contribution in [0.25, 0.3) is 16.9 Å². The van der Waals surface area contributed by atoms with E-state index in [1.54, 1.807) is 30.1 Å². The average Bonchev–Trinajstić information content (AvgIpc) is 3.32. The van der Waals surface area contributed by atoms with E-state index < -0.39 is 0 Å². The smallest absolute Gasteiger partial charge is 0.198 e. The van der Waals surface area contributed by atoms with Crippen LogP contribution < -0.4 is 4.74 Å². The first-order valence-corrected chi connectivity index (χ1v) is 7.09. The third-order valence-electron chi connectivity index (χ3n) is 3.79. The van der Waals surface area contributed by atoms with Crippen molar-refractivity contribution in [3.8, 4) is 23.1 Å². The maximum Gasteiger partial charge on any atom is 0.198 e. The molecule has 0 N–H and O–H groups in total. The van der Waals surface area contributed by atoms with Crippen molar-refractivity contribution in [2.24, 2.45) is 0 Å². The lowest BCUT2D eigenvalue weighted by molar-refractivity contribution is 0.416. The zero-order valence-corrected chi connectivity index (χ0v) is 12.0. The highest BCUT2D eigenvalue weighted by atomic mass is 16.5. The maximum atomic E-state index is 9.04. The SMILES string of the molecule is COc1ccc(-c2cncc(C#N)c2)n2nc(C3CC3)nc12. The van der Waals surface area contributed by atoms with Crippen molar-refractivity contribution in [2.45, 2.75) is 18.8 Å². The van der Waals surface area contributed by atoms with Gasteiger partial charge in [0.15, 0.2) is 17.2 Å². The van der Waals surface area contributed by atoms with E-state index in [4.69, 9.17) is 10.00 Å². The molecule has 0 bridgehead atoms. The summed E-state index contributed by atoms with van der Waals surface area (Å²) >= 11 is 0. The minimum Gasteiger partial charge on any atom is -0.493 e. The van der Waals surface area contributed by atoms with Crippen molar-refractivity contribution < 1.29 is 4.74 Å². The molecule has 1 fully saturated rings. The largest absolute Gasteiger partial charge is 0.493 e. The fourth-order valence-electron chi connectivity index (χ4n) is 2.49. The lowest BCUT2D eigenvalue weighted by Crippen LogP contribution is -1.97. The molecule has 3 heterocycles. The van der Waals surface area contributed by atoms with E-state index >= 15 is 0 Å². The summed E-state index contributed by atoms with van der Waals surface area (Å²) in [5, 5.41) is 13.7. The van der Waals surface area contributed by atoms with Gasteiger partial charge in [0.2, 0.25) is 0 Å². The van der Waals surface area contributed by atoms with Crippen molar-refractivity contribution in [3.05, 3.63) is 42.0 Å². The van der Waals surface area contributed by atoms with Gasteiger partial charge < -0.3 is 4.74 Å². The van der Waals surface area contributed by atoms with E-state index in [-0.39, 0.29) is 0 Å². The molecule has 3 aromatic rings. The Bertz CT molecular complexity index is 905. The number of pyridine rings is 2. The summed E-state index contributed by atoms with van der Waals surface area (Å²) in [6.07, 6.45) is 5.54. The predicted octanol–water partition coefficient (Wildman–Crippen LogP) is 2.55. The van der Waals surface area contributed by atoms with Gasteiger partial charge in [0, 0.05) is 23.9 Å². The van der Waals surface area contributed by atoms with Crippen molar-refractivity contribution in [1.82, 2.24) is 19.6 Å². The van der Waals surface area contributed by atoms with Crippen LogP contribution in [0.15, 0.2) is 30.6 Å². The van der Waals surface area contributed by atoms with Crippen LogP contribution in [0, 0.1) is 11.3 Å². The number of hydrogen-bond acceptors (Lipinski definition) is 5. The molecule has 6 heteroatoms. The topological polar surface area (TPSA) is 76.1 Å². The van der Waals surface area contributed by atoms with Crippen molar-refractivity contribution in [2.75, 3.05) is 7.11 Å². The molecule has 0 amide bonds. The Balaban J connectivity index is 1.95. The van der Waals surface area contributed by atoms with Crippen molar-refractivity contribution in [1.29, 1.82) is 5.26 Å². The fraction of sp³-hybridized carbons (Fsp3) is 0.250. The van der Waals surface area contributed by atoms with Gasteiger partial charge in [0.25, 0.3) is 0 Å². The van der Waals surface area contributed by atoms with Crippen molar-refractivity contribution >= 4 is 5.65 Å². The maximum absolute atomic E-state index is 9.04. The monoisotopic (exact) mass is 291 g/mol. The van der Waals surface area contributed by atoms with Gasteiger partial charge in [0.1, 0.15) is 6.07 Å². The van der Waals surface area contributed by atoms with E-state index in [1.165, 1.54) is 0 Å². The third kappa shape index (κ3) is 1.99. The molecule has 6 nitrogen and oxygen atoms in total. The molecule has 0 atom stereocenters. The first-order valence-electron chi connectivity index (χ1n) is 7.09. The second-order valence-electron chi connectivity index (χ2n) is 5.34. The summed E-state index contributed by atoms with van der Waals surface area (Å²) in [4.78, 5) is 8.74. The molecule has 3 aromatic heterocycles. The zero-order chi connectivity index (χ0) is 15.1. The van der Waals surface area contributed by atoms with Crippen LogP contribution in [-0.4, -0.2) is 26.7 Å². The summed E-state index contributed by atoms with van der Waals surface area (Å²) in [6.45, 7) is 0. The van der Waals surface area contributed by atoms with Gasteiger partial charge in [0.05, 0.1) is 18.4 Å². The van der Waals surface area contributed by atoms with Crippen LogP contribution >= 0.6 is 0 Å². The first kappa shape index (κ1) is 12.8. The highest BCUT2D eigenvalue weighted by molar-refractivity contribution is 5.67. The van der Waals surface area contributed by atoms with Gasteiger partial charge in [-0.15, -0.1) is 0 Å². The first-order chi connectivity index (χ1) is 10.8. The quantitative estimate of drug-likeness (QED) is 0.741. The molecule has 108 valence electrons. The Morgan fingerprint density at radius 3 is 2.91 bits per heavy atom. The number of ether oxygens (including phenoxy) is 1. The number of nitriles is 1. The summed E-state index contributed by atoms with van der Waals surface area (Å²) < 4.78 is 7.17. The number of hydrogen-bond donors (Lipinski definition) is 0. The summed E-state index contributed by atoms with van der Waals surface area (Å²) in [5.41, 5.74) is 2.90. The molecular weight excluding hydrogens is 278 g/mol. The van der Waals surface area contributed by atoms with Crippen LogP contribution in [0.2, 0.25) is 0 Å². The van der Waals surface area contributed by atoms with Crippen LogP contribution in [0.4, 0.5) is 0 Å². The number of rotatable bonds is 3. The highest BCUT2D eigenvalue weighted by Crippen LogP contribution is 2.39. The van der Waals surface area contributed by atoms with Crippen LogP contribution in [0.5, 0.6) is 5.75 Å². The second-order valence-corrected chi connectivity index (χ2v) is 5.34. The number of nitrogens with zero attached hydrogens (tertiary/aromatic N) is 5. The summed E-state index contributed by atoms with van der Waals surface area (Å²) in [6, 6.07) is 7.69. The van der Waals surface area contributed by atoms with Crippen LogP contribution in [0.3, 0.4) is 0 Å².